The van der Waals surface area contributed by atoms with E-state index >= 15 is 0 Å². The van der Waals surface area contributed by atoms with Gasteiger partial charge in [-0.1, -0.05) is 30.9 Å². The molecule has 1 aromatic heterocycles. The van der Waals surface area contributed by atoms with Crippen molar-refractivity contribution in [3.63, 3.8) is 0 Å². The molecule has 120 valence electrons. The second-order valence-corrected chi connectivity index (χ2v) is 6.19. The lowest BCUT2D eigenvalue weighted by Gasteiger charge is -2.35. The average molecular weight is 314 g/mol. The zero-order valence-electron chi connectivity index (χ0n) is 13.4. The lowest BCUT2D eigenvalue weighted by Crippen LogP contribution is -2.39. The molecule has 0 radical (unpaired) electrons. The van der Waals surface area contributed by atoms with Gasteiger partial charge in [0.25, 0.3) is 0 Å². The van der Waals surface area contributed by atoms with Gasteiger partial charge >= 0.3 is 0 Å². The van der Waals surface area contributed by atoms with Crippen molar-refractivity contribution in [1.29, 1.82) is 0 Å². The minimum Gasteiger partial charge on any atom is -0.376 e. The van der Waals surface area contributed by atoms with Gasteiger partial charge in [-0.2, -0.15) is 5.10 Å². The molecule has 1 saturated carbocycles. The predicted octanol–water partition coefficient (Wildman–Crippen LogP) is 3.80. The van der Waals surface area contributed by atoms with Gasteiger partial charge in [-0.15, -0.1) is 0 Å². The summed E-state index contributed by atoms with van der Waals surface area (Å²) in [5.74, 6) is 0.604. The van der Waals surface area contributed by atoms with Crippen LogP contribution in [0.2, 0.25) is 5.02 Å². The van der Waals surface area contributed by atoms with Crippen LogP contribution in [0.4, 0.5) is 0 Å². The fourth-order valence-electron chi connectivity index (χ4n) is 3.55. The van der Waals surface area contributed by atoms with Crippen LogP contribution in [0.5, 0.6) is 0 Å². The van der Waals surface area contributed by atoms with Crippen LogP contribution in [0.15, 0.2) is 6.20 Å². The number of hydrogen-bond acceptors (Lipinski definition) is 3. The van der Waals surface area contributed by atoms with E-state index < -0.39 is 0 Å². The summed E-state index contributed by atoms with van der Waals surface area (Å²) in [7, 11) is 1.99. The number of nitrogens with zero attached hydrogens (tertiary/aromatic N) is 2. The molecule has 1 aromatic rings. The van der Waals surface area contributed by atoms with Crippen molar-refractivity contribution >= 4 is 11.6 Å². The summed E-state index contributed by atoms with van der Waals surface area (Å²) in [4.78, 5) is 0. The summed E-state index contributed by atoms with van der Waals surface area (Å²) < 4.78 is 8.14. The van der Waals surface area contributed by atoms with Crippen LogP contribution in [0.1, 0.15) is 57.7 Å². The van der Waals surface area contributed by atoms with E-state index in [4.69, 9.17) is 16.3 Å². The highest BCUT2D eigenvalue weighted by atomic mass is 35.5. The molecule has 1 N–H and O–H groups in total. The SMILES string of the molecule is CCOC(C1CCCCC1)C(NC)c1c(Cl)cnn1CC. The monoisotopic (exact) mass is 313 g/mol. The number of likely N-dealkylation sites (N-methyl/N-ethyl adjacent to an activating group) is 1. The van der Waals surface area contributed by atoms with E-state index in [2.05, 4.69) is 24.3 Å². The highest BCUT2D eigenvalue weighted by Gasteiger charge is 2.34. The number of aryl methyl sites for hydroxylation is 1. The van der Waals surface area contributed by atoms with Crippen LogP contribution < -0.4 is 5.32 Å². The predicted molar refractivity (Wildman–Crippen MR) is 86.7 cm³/mol. The number of rotatable bonds is 7. The lowest BCUT2D eigenvalue weighted by molar-refractivity contribution is -0.0185. The first-order valence-corrected chi connectivity index (χ1v) is 8.60. The quantitative estimate of drug-likeness (QED) is 0.832. The summed E-state index contributed by atoms with van der Waals surface area (Å²) in [5.41, 5.74) is 1.06. The minimum atomic E-state index is 0.1000. The fraction of sp³-hybridized carbons (Fsp3) is 0.812. The maximum Gasteiger partial charge on any atom is 0.0835 e. The van der Waals surface area contributed by atoms with E-state index in [1.165, 1.54) is 32.1 Å². The van der Waals surface area contributed by atoms with Crippen molar-refractivity contribution in [3.8, 4) is 0 Å². The zero-order chi connectivity index (χ0) is 15.2. The van der Waals surface area contributed by atoms with Gasteiger partial charge in [-0.3, -0.25) is 4.68 Å². The smallest absolute Gasteiger partial charge is 0.0835 e. The molecular formula is C16H28ClN3O. The first-order valence-electron chi connectivity index (χ1n) is 8.22. The van der Waals surface area contributed by atoms with E-state index in [0.717, 1.165) is 23.9 Å². The maximum atomic E-state index is 6.40. The molecule has 2 rings (SSSR count). The molecular weight excluding hydrogens is 286 g/mol. The van der Waals surface area contributed by atoms with Gasteiger partial charge < -0.3 is 10.1 Å². The highest BCUT2D eigenvalue weighted by molar-refractivity contribution is 6.31. The molecule has 21 heavy (non-hydrogen) atoms. The Labute approximate surface area is 133 Å². The Morgan fingerprint density at radius 3 is 2.67 bits per heavy atom. The molecule has 2 unspecified atom stereocenters. The Bertz CT molecular complexity index is 429. The van der Waals surface area contributed by atoms with Crippen molar-refractivity contribution < 1.29 is 4.74 Å². The Hall–Kier alpha value is -0.580. The number of nitrogens with one attached hydrogen (secondary N) is 1. The second-order valence-electron chi connectivity index (χ2n) is 5.78. The van der Waals surface area contributed by atoms with Crippen LogP contribution in [0.3, 0.4) is 0 Å². The summed E-state index contributed by atoms with van der Waals surface area (Å²) >= 11 is 6.40. The summed E-state index contributed by atoms with van der Waals surface area (Å²) in [6.45, 7) is 5.72. The van der Waals surface area contributed by atoms with Gasteiger partial charge in [0.2, 0.25) is 0 Å². The molecule has 1 heterocycles. The van der Waals surface area contributed by atoms with Gasteiger partial charge in [0.15, 0.2) is 0 Å². The van der Waals surface area contributed by atoms with Crippen LogP contribution in [0.25, 0.3) is 0 Å². The number of hydrogen-bond donors (Lipinski definition) is 1. The van der Waals surface area contributed by atoms with E-state index in [0.29, 0.717) is 5.92 Å². The second kappa shape index (κ2) is 8.16. The standard InChI is InChI=1S/C16H28ClN3O/c1-4-20-15(13(17)11-19-20)14(18-3)16(21-5-2)12-9-7-6-8-10-12/h11-12,14,16,18H,4-10H2,1-3H3. The molecule has 1 fully saturated rings. The minimum absolute atomic E-state index is 0.1000. The Morgan fingerprint density at radius 1 is 1.38 bits per heavy atom. The van der Waals surface area contributed by atoms with Crippen LogP contribution in [-0.2, 0) is 11.3 Å². The topological polar surface area (TPSA) is 39.1 Å². The van der Waals surface area contributed by atoms with Crippen LogP contribution in [0, 0.1) is 5.92 Å². The largest absolute Gasteiger partial charge is 0.376 e. The van der Waals surface area contributed by atoms with Crippen molar-refractivity contribution in [2.24, 2.45) is 5.92 Å². The van der Waals surface area contributed by atoms with Crippen LogP contribution in [-0.4, -0.2) is 29.5 Å². The number of ether oxygens (including phenoxy) is 1. The summed E-state index contributed by atoms with van der Waals surface area (Å²) in [5, 5.41) is 8.54. The van der Waals surface area contributed by atoms with Gasteiger partial charge in [0, 0.05) is 13.2 Å². The first-order chi connectivity index (χ1) is 10.2. The van der Waals surface area contributed by atoms with E-state index in [1.807, 2.05) is 11.7 Å². The molecule has 2 atom stereocenters. The molecule has 4 nitrogen and oxygen atoms in total. The fourth-order valence-corrected chi connectivity index (χ4v) is 3.81. The van der Waals surface area contributed by atoms with Gasteiger partial charge in [0.05, 0.1) is 29.1 Å². The van der Waals surface area contributed by atoms with Crippen molar-refractivity contribution in [2.75, 3.05) is 13.7 Å². The molecule has 1 aliphatic rings. The first kappa shape index (κ1) is 16.8. The van der Waals surface area contributed by atoms with E-state index in [9.17, 15) is 0 Å². The van der Waals surface area contributed by atoms with Gasteiger partial charge in [-0.25, -0.2) is 0 Å². The third kappa shape index (κ3) is 3.79. The van der Waals surface area contributed by atoms with E-state index in [1.54, 1.807) is 6.20 Å². The molecule has 0 bridgehead atoms. The lowest BCUT2D eigenvalue weighted by atomic mass is 9.81. The molecule has 0 aromatic carbocycles. The molecule has 0 saturated heterocycles. The highest BCUT2D eigenvalue weighted by Crippen LogP contribution is 2.36. The Kier molecular flexibility index (Phi) is 6.52. The van der Waals surface area contributed by atoms with Crippen molar-refractivity contribution in [2.45, 2.75) is 64.6 Å². The molecule has 0 spiro atoms. The average Bonchev–Trinajstić information content (AvgIpc) is 2.89. The third-order valence-electron chi connectivity index (χ3n) is 4.54. The normalized spacial score (nSPS) is 19.6. The summed E-state index contributed by atoms with van der Waals surface area (Å²) in [6, 6.07) is 0.1000. The molecule has 1 aliphatic carbocycles. The molecule has 0 amide bonds. The van der Waals surface area contributed by atoms with Gasteiger partial charge in [0.1, 0.15) is 0 Å². The Morgan fingerprint density at radius 2 is 2.10 bits per heavy atom. The Balaban J connectivity index is 2.27. The molecule has 0 aliphatic heterocycles. The van der Waals surface area contributed by atoms with Crippen molar-refractivity contribution in [1.82, 2.24) is 15.1 Å². The molecule has 5 heteroatoms. The van der Waals surface area contributed by atoms with Crippen molar-refractivity contribution in [3.05, 3.63) is 16.9 Å². The maximum absolute atomic E-state index is 6.40. The van der Waals surface area contributed by atoms with E-state index in [-0.39, 0.29) is 12.1 Å². The third-order valence-corrected chi connectivity index (χ3v) is 4.83. The summed E-state index contributed by atoms with van der Waals surface area (Å²) in [6.07, 6.45) is 8.39. The van der Waals surface area contributed by atoms with Crippen LogP contribution >= 0.6 is 11.6 Å². The van der Waals surface area contributed by atoms with Gasteiger partial charge in [-0.05, 0) is 39.7 Å². The number of halogens is 1. The number of aromatic nitrogens is 2. The zero-order valence-corrected chi connectivity index (χ0v) is 14.2.